The van der Waals surface area contributed by atoms with Crippen LogP contribution in [0.3, 0.4) is 0 Å². The predicted octanol–water partition coefficient (Wildman–Crippen LogP) is 3.67. The Balaban J connectivity index is 2.20. The lowest BCUT2D eigenvalue weighted by Crippen LogP contribution is -2.34. The standard InChI is InChI=1S/C17H29FN2/c1-14(2)9-10-15(3)19-11-12-20(4)13-16-7-5-6-8-17(16)18/h5-8,14-15,19H,9-13H2,1-4H3. The fourth-order valence-corrected chi connectivity index (χ4v) is 2.18. The summed E-state index contributed by atoms with van der Waals surface area (Å²) in [5, 5.41) is 3.53. The summed E-state index contributed by atoms with van der Waals surface area (Å²) in [5.41, 5.74) is 0.767. The van der Waals surface area contributed by atoms with Crippen molar-refractivity contribution < 1.29 is 4.39 Å². The van der Waals surface area contributed by atoms with E-state index in [0.29, 0.717) is 12.6 Å². The molecule has 0 aliphatic heterocycles. The highest BCUT2D eigenvalue weighted by atomic mass is 19.1. The van der Waals surface area contributed by atoms with Crippen molar-refractivity contribution >= 4 is 0 Å². The Morgan fingerprint density at radius 3 is 2.50 bits per heavy atom. The lowest BCUT2D eigenvalue weighted by molar-refractivity contribution is 0.310. The molecule has 0 radical (unpaired) electrons. The predicted molar refractivity (Wildman–Crippen MR) is 84.3 cm³/mol. The van der Waals surface area contributed by atoms with E-state index in [1.807, 2.05) is 19.2 Å². The summed E-state index contributed by atoms with van der Waals surface area (Å²) < 4.78 is 13.5. The fourth-order valence-electron chi connectivity index (χ4n) is 2.18. The van der Waals surface area contributed by atoms with Crippen molar-refractivity contribution in [2.24, 2.45) is 5.92 Å². The number of benzene rings is 1. The van der Waals surface area contributed by atoms with Crippen molar-refractivity contribution in [3.8, 4) is 0 Å². The number of halogens is 1. The molecule has 0 spiro atoms. The van der Waals surface area contributed by atoms with Crippen LogP contribution in [0.15, 0.2) is 24.3 Å². The van der Waals surface area contributed by atoms with Crippen molar-refractivity contribution in [2.75, 3.05) is 20.1 Å². The van der Waals surface area contributed by atoms with Crippen LogP contribution < -0.4 is 5.32 Å². The van der Waals surface area contributed by atoms with Crippen LogP contribution in [0.5, 0.6) is 0 Å². The first-order valence-electron chi connectivity index (χ1n) is 7.64. The van der Waals surface area contributed by atoms with Gasteiger partial charge in [0, 0.05) is 31.2 Å². The Kier molecular flexibility index (Phi) is 7.78. The molecule has 0 heterocycles. The van der Waals surface area contributed by atoms with Gasteiger partial charge in [0.2, 0.25) is 0 Å². The van der Waals surface area contributed by atoms with Gasteiger partial charge in [0.1, 0.15) is 5.82 Å². The zero-order valence-corrected chi connectivity index (χ0v) is 13.3. The average molecular weight is 280 g/mol. The van der Waals surface area contributed by atoms with Gasteiger partial charge in [-0.1, -0.05) is 32.0 Å². The van der Waals surface area contributed by atoms with Gasteiger partial charge >= 0.3 is 0 Å². The summed E-state index contributed by atoms with van der Waals surface area (Å²) >= 11 is 0. The van der Waals surface area contributed by atoms with Gasteiger partial charge in [-0.3, -0.25) is 0 Å². The van der Waals surface area contributed by atoms with Crippen molar-refractivity contribution in [1.82, 2.24) is 10.2 Å². The second-order valence-electron chi connectivity index (χ2n) is 6.16. The topological polar surface area (TPSA) is 15.3 Å². The zero-order chi connectivity index (χ0) is 15.0. The summed E-state index contributed by atoms with van der Waals surface area (Å²) in [7, 11) is 2.03. The van der Waals surface area contributed by atoms with E-state index in [9.17, 15) is 4.39 Å². The molecule has 1 unspecified atom stereocenters. The maximum atomic E-state index is 13.5. The lowest BCUT2D eigenvalue weighted by Gasteiger charge is -2.20. The molecule has 1 N–H and O–H groups in total. The van der Waals surface area contributed by atoms with E-state index in [4.69, 9.17) is 0 Å². The van der Waals surface area contributed by atoms with Crippen LogP contribution >= 0.6 is 0 Å². The van der Waals surface area contributed by atoms with Gasteiger partial charge in [0.25, 0.3) is 0 Å². The van der Waals surface area contributed by atoms with E-state index >= 15 is 0 Å². The van der Waals surface area contributed by atoms with Crippen LogP contribution in [0.4, 0.5) is 4.39 Å². The Bertz CT molecular complexity index is 379. The van der Waals surface area contributed by atoms with E-state index in [2.05, 4.69) is 31.0 Å². The van der Waals surface area contributed by atoms with Crippen LogP contribution in [0.25, 0.3) is 0 Å². The molecular formula is C17H29FN2. The molecule has 3 heteroatoms. The molecule has 2 nitrogen and oxygen atoms in total. The maximum absolute atomic E-state index is 13.5. The minimum absolute atomic E-state index is 0.113. The smallest absolute Gasteiger partial charge is 0.127 e. The van der Waals surface area contributed by atoms with Crippen LogP contribution in [0, 0.1) is 11.7 Å². The van der Waals surface area contributed by atoms with Gasteiger partial charge < -0.3 is 10.2 Å². The summed E-state index contributed by atoms with van der Waals surface area (Å²) in [5.74, 6) is 0.653. The highest BCUT2D eigenvalue weighted by Crippen LogP contribution is 2.09. The number of nitrogens with zero attached hydrogens (tertiary/aromatic N) is 1. The Morgan fingerprint density at radius 2 is 1.85 bits per heavy atom. The molecule has 0 bridgehead atoms. The molecule has 1 atom stereocenters. The highest BCUT2D eigenvalue weighted by molar-refractivity contribution is 5.16. The van der Waals surface area contributed by atoms with E-state index in [1.54, 1.807) is 6.07 Å². The van der Waals surface area contributed by atoms with Crippen LogP contribution in [-0.4, -0.2) is 31.1 Å². The van der Waals surface area contributed by atoms with Crippen molar-refractivity contribution in [2.45, 2.75) is 46.2 Å². The van der Waals surface area contributed by atoms with Gasteiger partial charge in [0.05, 0.1) is 0 Å². The van der Waals surface area contributed by atoms with Gasteiger partial charge in [0.15, 0.2) is 0 Å². The third kappa shape index (κ3) is 7.01. The van der Waals surface area contributed by atoms with Crippen molar-refractivity contribution in [3.05, 3.63) is 35.6 Å². The van der Waals surface area contributed by atoms with Gasteiger partial charge in [-0.05, 0) is 38.8 Å². The van der Waals surface area contributed by atoms with Gasteiger partial charge in [-0.15, -0.1) is 0 Å². The Hall–Kier alpha value is -0.930. The van der Waals surface area contributed by atoms with Crippen LogP contribution in [-0.2, 0) is 6.54 Å². The number of hydrogen-bond acceptors (Lipinski definition) is 2. The van der Waals surface area contributed by atoms with Gasteiger partial charge in [-0.2, -0.15) is 0 Å². The first kappa shape index (κ1) is 17.1. The SMILES string of the molecule is CC(C)CCC(C)NCCN(C)Cc1ccccc1F. The second-order valence-corrected chi connectivity index (χ2v) is 6.16. The molecule has 20 heavy (non-hydrogen) atoms. The van der Waals surface area contributed by atoms with Gasteiger partial charge in [-0.25, -0.2) is 4.39 Å². The minimum atomic E-state index is -0.113. The Morgan fingerprint density at radius 1 is 1.15 bits per heavy atom. The average Bonchev–Trinajstić information content (AvgIpc) is 2.39. The highest BCUT2D eigenvalue weighted by Gasteiger charge is 2.06. The molecule has 1 aromatic rings. The summed E-state index contributed by atoms with van der Waals surface area (Å²) in [6.07, 6.45) is 2.48. The number of hydrogen-bond donors (Lipinski definition) is 1. The van der Waals surface area contributed by atoms with Crippen LogP contribution in [0.2, 0.25) is 0 Å². The zero-order valence-electron chi connectivity index (χ0n) is 13.3. The van der Waals surface area contributed by atoms with E-state index < -0.39 is 0 Å². The molecule has 0 aliphatic carbocycles. The molecule has 0 aromatic heterocycles. The van der Waals surface area contributed by atoms with E-state index in [0.717, 1.165) is 24.6 Å². The lowest BCUT2D eigenvalue weighted by atomic mass is 10.0. The normalized spacial score (nSPS) is 13.2. The molecule has 1 rings (SSSR count). The minimum Gasteiger partial charge on any atom is -0.313 e. The fraction of sp³-hybridized carbons (Fsp3) is 0.647. The van der Waals surface area contributed by atoms with E-state index in [1.165, 1.54) is 18.9 Å². The molecule has 0 aliphatic rings. The van der Waals surface area contributed by atoms with E-state index in [-0.39, 0.29) is 5.82 Å². The molecule has 0 saturated heterocycles. The van der Waals surface area contributed by atoms with Crippen molar-refractivity contribution in [1.29, 1.82) is 0 Å². The number of rotatable bonds is 9. The molecule has 0 fully saturated rings. The summed E-state index contributed by atoms with van der Waals surface area (Å²) in [4.78, 5) is 2.15. The second kappa shape index (κ2) is 9.09. The molecule has 0 amide bonds. The molecule has 114 valence electrons. The summed E-state index contributed by atoms with van der Waals surface area (Å²) in [6, 6.07) is 7.55. The third-order valence-corrected chi connectivity index (χ3v) is 3.56. The molecule has 1 aromatic carbocycles. The Labute approximate surface area is 123 Å². The number of likely N-dealkylation sites (N-methyl/N-ethyl adjacent to an activating group) is 1. The maximum Gasteiger partial charge on any atom is 0.127 e. The first-order chi connectivity index (χ1) is 9.49. The molecular weight excluding hydrogens is 251 g/mol. The number of nitrogens with one attached hydrogen (secondary N) is 1. The summed E-state index contributed by atoms with van der Waals surface area (Å²) in [6.45, 7) is 9.29. The first-order valence-corrected chi connectivity index (χ1v) is 7.64. The third-order valence-electron chi connectivity index (χ3n) is 3.56. The largest absolute Gasteiger partial charge is 0.313 e. The van der Waals surface area contributed by atoms with Crippen molar-refractivity contribution in [3.63, 3.8) is 0 Å². The molecule has 0 saturated carbocycles. The van der Waals surface area contributed by atoms with Crippen LogP contribution in [0.1, 0.15) is 39.2 Å². The quantitative estimate of drug-likeness (QED) is 0.742. The monoisotopic (exact) mass is 280 g/mol.